The number of hydrogen-bond donors (Lipinski definition) is 1. The molecule has 0 spiro atoms. The minimum atomic E-state index is -0.351. The number of nitriles is 1. The van der Waals surface area contributed by atoms with Crippen LogP contribution in [0.5, 0.6) is 0 Å². The number of carbonyl (C=O) groups excluding carboxylic acids is 1. The smallest absolute Gasteiger partial charge is 0.272 e. The summed E-state index contributed by atoms with van der Waals surface area (Å²) in [5.41, 5.74) is 1.64. The van der Waals surface area contributed by atoms with Gasteiger partial charge in [0.1, 0.15) is 11.5 Å². The zero-order valence-electron chi connectivity index (χ0n) is 13.2. The van der Waals surface area contributed by atoms with Gasteiger partial charge in [0.15, 0.2) is 0 Å². The summed E-state index contributed by atoms with van der Waals surface area (Å²) in [6, 6.07) is 8.88. The van der Waals surface area contributed by atoms with Crippen molar-refractivity contribution in [2.24, 2.45) is 0 Å². The molecule has 118 valence electrons. The molecule has 0 saturated carbocycles. The molecule has 0 bridgehead atoms. The van der Waals surface area contributed by atoms with Gasteiger partial charge in [-0.25, -0.2) is 9.97 Å². The standard InChI is InChI=1S/C17H17ClN4O/c1-10(2)16-20-9-14(18)15(22-16)17(23)21-11(3)13-6-4-12(8-19)5-7-13/h4-7,9-11H,1-3H3,(H,21,23). The molecule has 1 N–H and O–H groups in total. The lowest BCUT2D eigenvalue weighted by atomic mass is 10.1. The van der Waals surface area contributed by atoms with Gasteiger partial charge >= 0.3 is 0 Å². The van der Waals surface area contributed by atoms with E-state index < -0.39 is 0 Å². The van der Waals surface area contributed by atoms with Crippen LogP contribution in [0, 0.1) is 11.3 Å². The van der Waals surface area contributed by atoms with Crippen LogP contribution in [-0.2, 0) is 0 Å². The second kappa shape index (κ2) is 7.21. The first-order chi connectivity index (χ1) is 10.9. The summed E-state index contributed by atoms with van der Waals surface area (Å²) in [6.45, 7) is 5.76. The molecule has 1 aromatic carbocycles. The molecule has 1 unspecified atom stereocenters. The van der Waals surface area contributed by atoms with Gasteiger partial charge in [-0.15, -0.1) is 0 Å². The van der Waals surface area contributed by atoms with Crippen LogP contribution in [0.3, 0.4) is 0 Å². The molecule has 0 aliphatic heterocycles. The maximum atomic E-state index is 12.4. The van der Waals surface area contributed by atoms with E-state index in [4.69, 9.17) is 16.9 Å². The van der Waals surface area contributed by atoms with Crippen molar-refractivity contribution in [2.45, 2.75) is 32.7 Å². The molecule has 1 amide bonds. The van der Waals surface area contributed by atoms with Crippen molar-refractivity contribution in [3.05, 3.63) is 58.1 Å². The lowest BCUT2D eigenvalue weighted by molar-refractivity contribution is 0.0934. The van der Waals surface area contributed by atoms with Crippen molar-refractivity contribution in [1.29, 1.82) is 5.26 Å². The van der Waals surface area contributed by atoms with E-state index in [1.54, 1.807) is 12.1 Å². The molecule has 0 radical (unpaired) electrons. The number of nitrogens with zero attached hydrogens (tertiary/aromatic N) is 3. The summed E-state index contributed by atoms with van der Waals surface area (Å²) in [5.74, 6) is 0.330. The van der Waals surface area contributed by atoms with E-state index in [1.165, 1.54) is 6.20 Å². The average molecular weight is 329 g/mol. The van der Waals surface area contributed by atoms with Crippen LogP contribution in [-0.4, -0.2) is 15.9 Å². The van der Waals surface area contributed by atoms with Crippen LogP contribution in [0.2, 0.25) is 5.02 Å². The molecule has 0 fully saturated rings. The number of hydrogen-bond acceptors (Lipinski definition) is 4. The van der Waals surface area contributed by atoms with E-state index in [-0.39, 0.29) is 28.6 Å². The first kappa shape index (κ1) is 16.9. The molecular formula is C17H17ClN4O. The molecule has 1 atom stereocenters. The minimum Gasteiger partial charge on any atom is -0.344 e. The van der Waals surface area contributed by atoms with Gasteiger partial charge in [0, 0.05) is 5.92 Å². The summed E-state index contributed by atoms with van der Waals surface area (Å²) >= 11 is 6.04. The highest BCUT2D eigenvalue weighted by molar-refractivity contribution is 6.33. The van der Waals surface area contributed by atoms with Crippen molar-refractivity contribution >= 4 is 17.5 Å². The lowest BCUT2D eigenvalue weighted by Crippen LogP contribution is -2.28. The van der Waals surface area contributed by atoms with Crippen molar-refractivity contribution < 1.29 is 4.79 Å². The molecule has 5 nitrogen and oxygen atoms in total. The molecular weight excluding hydrogens is 312 g/mol. The second-order valence-corrected chi connectivity index (χ2v) is 5.92. The summed E-state index contributed by atoms with van der Waals surface area (Å²) in [6.07, 6.45) is 1.45. The van der Waals surface area contributed by atoms with Crippen LogP contribution in [0.15, 0.2) is 30.5 Å². The minimum absolute atomic E-state index is 0.106. The highest BCUT2D eigenvalue weighted by atomic mass is 35.5. The molecule has 1 heterocycles. The third kappa shape index (κ3) is 4.05. The van der Waals surface area contributed by atoms with Crippen LogP contribution in [0.25, 0.3) is 0 Å². The van der Waals surface area contributed by atoms with Crippen LogP contribution < -0.4 is 5.32 Å². The molecule has 6 heteroatoms. The van der Waals surface area contributed by atoms with Crippen molar-refractivity contribution in [1.82, 2.24) is 15.3 Å². The Balaban J connectivity index is 2.17. The molecule has 1 aromatic heterocycles. The molecule has 2 aromatic rings. The van der Waals surface area contributed by atoms with E-state index in [0.717, 1.165) is 5.56 Å². The van der Waals surface area contributed by atoms with E-state index in [9.17, 15) is 4.79 Å². The van der Waals surface area contributed by atoms with Gasteiger partial charge in [0.05, 0.1) is 28.9 Å². The zero-order chi connectivity index (χ0) is 17.0. The SMILES string of the molecule is CC(C)c1ncc(Cl)c(C(=O)NC(C)c2ccc(C#N)cc2)n1. The van der Waals surface area contributed by atoms with E-state index in [0.29, 0.717) is 11.4 Å². The summed E-state index contributed by atoms with van der Waals surface area (Å²) in [7, 11) is 0. The fourth-order valence-corrected chi connectivity index (χ4v) is 2.19. The highest BCUT2D eigenvalue weighted by Gasteiger charge is 2.18. The first-order valence-electron chi connectivity index (χ1n) is 7.25. The van der Waals surface area contributed by atoms with Crippen molar-refractivity contribution in [2.75, 3.05) is 0 Å². The van der Waals surface area contributed by atoms with Gasteiger partial charge in [-0.2, -0.15) is 5.26 Å². The fourth-order valence-electron chi connectivity index (χ4n) is 2.01. The third-order valence-corrected chi connectivity index (χ3v) is 3.66. The predicted molar refractivity (Wildman–Crippen MR) is 88.2 cm³/mol. The van der Waals surface area contributed by atoms with Crippen LogP contribution in [0.1, 0.15) is 60.2 Å². The highest BCUT2D eigenvalue weighted by Crippen LogP contribution is 2.18. The number of aromatic nitrogens is 2. The average Bonchev–Trinajstić information content (AvgIpc) is 2.54. The molecule has 23 heavy (non-hydrogen) atoms. The number of benzene rings is 1. The Kier molecular flexibility index (Phi) is 5.30. The van der Waals surface area contributed by atoms with Gasteiger partial charge < -0.3 is 5.32 Å². The molecule has 0 saturated heterocycles. The maximum Gasteiger partial charge on any atom is 0.272 e. The summed E-state index contributed by atoms with van der Waals surface area (Å²) in [4.78, 5) is 20.8. The Morgan fingerprint density at radius 2 is 1.91 bits per heavy atom. The molecule has 2 rings (SSSR count). The van der Waals surface area contributed by atoms with Gasteiger partial charge in [-0.3, -0.25) is 4.79 Å². The van der Waals surface area contributed by atoms with Crippen molar-refractivity contribution in [3.8, 4) is 6.07 Å². The number of carbonyl (C=O) groups is 1. The zero-order valence-corrected chi connectivity index (χ0v) is 13.9. The quantitative estimate of drug-likeness (QED) is 0.929. The number of nitrogens with one attached hydrogen (secondary N) is 1. The Morgan fingerprint density at radius 1 is 1.26 bits per heavy atom. The van der Waals surface area contributed by atoms with E-state index in [1.807, 2.05) is 32.9 Å². The normalized spacial score (nSPS) is 11.8. The molecule has 0 aliphatic carbocycles. The van der Waals surface area contributed by atoms with Gasteiger partial charge in [0.25, 0.3) is 5.91 Å². The largest absolute Gasteiger partial charge is 0.344 e. The topological polar surface area (TPSA) is 78.7 Å². The lowest BCUT2D eigenvalue weighted by Gasteiger charge is -2.15. The van der Waals surface area contributed by atoms with Gasteiger partial charge in [0.2, 0.25) is 0 Å². The van der Waals surface area contributed by atoms with Gasteiger partial charge in [-0.05, 0) is 24.6 Å². The van der Waals surface area contributed by atoms with Crippen LogP contribution >= 0.6 is 11.6 Å². The summed E-state index contributed by atoms with van der Waals surface area (Å²) < 4.78 is 0. The fraction of sp³-hybridized carbons (Fsp3) is 0.294. The first-order valence-corrected chi connectivity index (χ1v) is 7.63. The number of rotatable bonds is 4. The Bertz CT molecular complexity index is 750. The summed E-state index contributed by atoms with van der Waals surface area (Å²) in [5, 5.41) is 11.9. The van der Waals surface area contributed by atoms with Crippen molar-refractivity contribution in [3.63, 3.8) is 0 Å². The second-order valence-electron chi connectivity index (χ2n) is 5.51. The Morgan fingerprint density at radius 3 is 2.48 bits per heavy atom. The number of amides is 1. The van der Waals surface area contributed by atoms with E-state index >= 15 is 0 Å². The van der Waals surface area contributed by atoms with Crippen LogP contribution in [0.4, 0.5) is 0 Å². The Hall–Kier alpha value is -2.45. The number of halogens is 1. The molecule has 0 aliphatic rings. The van der Waals surface area contributed by atoms with Gasteiger partial charge in [-0.1, -0.05) is 37.6 Å². The third-order valence-electron chi connectivity index (χ3n) is 3.38. The maximum absolute atomic E-state index is 12.4. The Labute approximate surface area is 140 Å². The van der Waals surface area contributed by atoms with E-state index in [2.05, 4.69) is 21.4 Å². The monoisotopic (exact) mass is 328 g/mol. The predicted octanol–water partition coefficient (Wildman–Crippen LogP) is 3.62.